The number of aryl methyl sites for hydroxylation is 1. The Kier molecular flexibility index (Phi) is 3.71. The summed E-state index contributed by atoms with van der Waals surface area (Å²) in [5.41, 5.74) is 5.75. The third-order valence-electron chi connectivity index (χ3n) is 2.97. The minimum Gasteiger partial charge on any atom is -0.326 e. The lowest BCUT2D eigenvalue weighted by molar-refractivity contribution is 0.112. The van der Waals surface area contributed by atoms with Gasteiger partial charge >= 0.3 is 0 Å². The summed E-state index contributed by atoms with van der Waals surface area (Å²) in [5.74, 6) is 0. The van der Waals surface area contributed by atoms with Crippen LogP contribution in [0, 0.1) is 6.92 Å². The molecule has 1 N–H and O–H groups in total. The minimum absolute atomic E-state index is 0.679. The molecule has 0 saturated heterocycles. The van der Waals surface area contributed by atoms with E-state index in [1.54, 1.807) is 35.4 Å². The van der Waals surface area contributed by atoms with E-state index in [1.807, 2.05) is 17.6 Å². The van der Waals surface area contributed by atoms with Crippen LogP contribution in [0.25, 0.3) is 10.2 Å². The topological polar surface area (TPSA) is 42.0 Å². The molecule has 0 fully saturated rings. The van der Waals surface area contributed by atoms with E-state index in [9.17, 15) is 4.79 Å². The number of benzene rings is 2. The first kappa shape index (κ1) is 13.1. The zero-order valence-corrected chi connectivity index (χ0v) is 12.4. The van der Waals surface area contributed by atoms with Crippen LogP contribution in [0.15, 0.2) is 46.8 Å². The van der Waals surface area contributed by atoms with Crippen molar-refractivity contribution in [3.05, 3.63) is 53.0 Å². The quantitative estimate of drug-likeness (QED) is 0.567. The van der Waals surface area contributed by atoms with Gasteiger partial charge in [0.2, 0.25) is 0 Å². The fourth-order valence-corrected chi connectivity index (χ4v) is 3.47. The lowest BCUT2D eigenvalue weighted by Gasteiger charge is -2.08. The van der Waals surface area contributed by atoms with Gasteiger partial charge < -0.3 is 4.72 Å². The second-order valence-corrected chi connectivity index (χ2v) is 6.06. The third-order valence-corrected chi connectivity index (χ3v) is 4.82. The summed E-state index contributed by atoms with van der Waals surface area (Å²) >= 11 is 3.20. The largest absolute Gasteiger partial charge is 0.326 e. The number of hydrogen-bond donors (Lipinski definition) is 1. The summed E-state index contributed by atoms with van der Waals surface area (Å²) in [6.45, 7) is 2.08. The number of aldehydes is 1. The number of nitrogens with zero attached hydrogens (tertiary/aromatic N) is 1. The van der Waals surface area contributed by atoms with Gasteiger partial charge in [-0.25, -0.2) is 4.98 Å². The van der Waals surface area contributed by atoms with Crippen molar-refractivity contribution in [1.29, 1.82) is 0 Å². The van der Waals surface area contributed by atoms with Crippen LogP contribution in [-0.4, -0.2) is 11.3 Å². The number of anilines is 1. The van der Waals surface area contributed by atoms with Gasteiger partial charge in [-0.2, -0.15) is 0 Å². The van der Waals surface area contributed by atoms with Crippen molar-refractivity contribution in [3.63, 3.8) is 0 Å². The molecule has 0 bridgehead atoms. The predicted molar refractivity (Wildman–Crippen MR) is 85.7 cm³/mol. The first-order chi connectivity index (χ1) is 9.78. The third kappa shape index (κ3) is 2.55. The van der Waals surface area contributed by atoms with Crippen molar-refractivity contribution >= 4 is 45.5 Å². The molecule has 5 heteroatoms. The van der Waals surface area contributed by atoms with Crippen molar-refractivity contribution in [1.82, 2.24) is 4.98 Å². The van der Waals surface area contributed by atoms with Gasteiger partial charge in [0.05, 0.1) is 20.6 Å². The molecular formula is C15H12N2OS2. The number of fused-ring (bicyclic) bond motifs is 1. The van der Waals surface area contributed by atoms with Gasteiger partial charge in [0, 0.05) is 11.3 Å². The Labute approximate surface area is 125 Å². The molecule has 0 radical (unpaired) electrons. The monoisotopic (exact) mass is 300 g/mol. The number of nitrogens with one attached hydrogen (secondary N) is 1. The van der Waals surface area contributed by atoms with Gasteiger partial charge in [-0.15, -0.1) is 11.3 Å². The molecule has 0 aliphatic rings. The van der Waals surface area contributed by atoms with Gasteiger partial charge in [0.25, 0.3) is 0 Å². The van der Waals surface area contributed by atoms with Crippen LogP contribution >= 0.6 is 23.3 Å². The summed E-state index contributed by atoms with van der Waals surface area (Å²) in [6, 6.07) is 11.6. The minimum atomic E-state index is 0.679. The molecule has 0 spiro atoms. The van der Waals surface area contributed by atoms with Crippen LogP contribution < -0.4 is 4.72 Å². The number of hydrogen-bond acceptors (Lipinski definition) is 5. The van der Waals surface area contributed by atoms with Crippen molar-refractivity contribution < 1.29 is 4.79 Å². The van der Waals surface area contributed by atoms with Crippen LogP contribution in [0.5, 0.6) is 0 Å². The maximum absolute atomic E-state index is 10.6. The van der Waals surface area contributed by atoms with Crippen LogP contribution in [0.1, 0.15) is 15.9 Å². The van der Waals surface area contributed by atoms with Crippen molar-refractivity contribution in [3.8, 4) is 0 Å². The van der Waals surface area contributed by atoms with Crippen LogP contribution in [-0.2, 0) is 0 Å². The molecule has 3 rings (SSSR count). The number of rotatable bonds is 4. The molecule has 0 aliphatic carbocycles. The Morgan fingerprint density at radius 2 is 2.00 bits per heavy atom. The Morgan fingerprint density at radius 1 is 1.20 bits per heavy atom. The first-order valence-corrected chi connectivity index (χ1v) is 7.78. The highest BCUT2D eigenvalue weighted by molar-refractivity contribution is 8.00. The van der Waals surface area contributed by atoms with Gasteiger partial charge in [-0.3, -0.25) is 4.79 Å². The Bertz CT molecular complexity index is 750. The van der Waals surface area contributed by atoms with Gasteiger partial charge in [-0.05, 0) is 54.8 Å². The van der Waals surface area contributed by atoms with E-state index in [-0.39, 0.29) is 0 Å². The first-order valence-electron chi connectivity index (χ1n) is 6.09. The Balaban J connectivity index is 1.84. The van der Waals surface area contributed by atoms with Crippen LogP contribution in [0.3, 0.4) is 0 Å². The summed E-state index contributed by atoms with van der Waals surface area (Å²) in [5, 5.41) is 0. The zero-order chi connectivity index (χ0) is 13.9. The van der Waals surface area contributed by atoms with E-state index in [0.717, 1.165) is 22.4 Å². The Morgan fingerprint density at radius 3 is 2.75 bits per heavy atom. The number of carbonyl (C=O) groups excluding carboxylic acids is 1. The molecule has 0 aliphatic heterocycles. The predicted octanol–water partition coefficient (Wildman–Crippen LogP) is 4.54. The number of carbonyl (C=O) groups is 1. The molecule has 0 saturated carbocycles. The zero-order valence-electron chi connectivity index (χ0n) is 10.8. The van der Waals surface area contributed by atoms with Gasteiger partial charge in [0.15, 0.2) is 0 Å². The molecule has 2 aromatic carbocycles. The molecule has 20 heavy (non-hydrogen) atoms. The highest BCUT2D eigenvalue weighted by Crippen LogP contribution is 2.32. The SMILES string of the molecule is Cc1ccc2scnc2c1SNc1ccc(C=O)cc1. The molecule has 0 unspecified atom stereocenters. The van der Waals surface area contributed by atoms with Gasteiger partial charge in [-0.1, -0.05) is 6.07 Å². The van der Waals surface area contributed by atoms with Crippen molar-refractivity contribution in [2.75, 3.05) is 4.72 Å². The fourth-order valence-electron chi connectivity index (χ4n) is 1.88. The maximum atomic E-state index is 10.6. The van der Waals surface area contributed by atoms with Gasteiger partial charge in [0.1, 0.15) is 6.29 Å². The summed E-state index contributed by atoms with van der Waals surface area (Å²) in [7, 11) is 0. The summed E-state index contributed by atoms with van der Waals surface area (Å²) < 4.78 is 4.49. The van der Waals surface area contributed by atoms with Crippen LogP contribution in [0.2, 0.25) is 0 Å². The number of thiazole rings is 1. The van der Waals surface area contributed by atoms with E-state index in [2.05, 4.69) is 28.8 Å². The van der Waals surface area contributed by atoms with E-state index in [4.69, 9.17) is 0 Å². The lowest BCUT2D eigenvalue weighted by atomic mass is 10.2. The summed E-state index contributed by atoms with van der Waals surface area (Å²) in [6.07, 6.45) is 0.844. The maximum Gasteiger partial charge on any atom is 0.150 e. The molecule has 0 amide bonds. The second-order valence-electron chi connectivity index (χ2n) is 4.35. The average molecular weight is 300 g/mol. The molecular weight excluding hydrogens is 288 g/mol. The molecule has 3 aromatic rings. The number of aromatic nitrogens is 1. The van der Waals surface area contributed by atoms with E-state index in [1.165, 1.54) is 10.3 Å². The highest BCUT2D eigenvalue weighted by atomic mass is 32.2. The lowest BCUT2D eigenvalue weighted by Crippen LogP contribution is -1.90. The standard InChI is InChI=1S/C15H12N2OS2/c1-10-2-7-13-14(16-9-19-13)15(10)20-17-12-5-3-11(8-18)4-6-12/h2-9,17H,1H3. The van der Waals surface area contributed by atoms with E-state index >= 15 is 0 Å². The van der Waals surface area contributed by atoms with Crippen molar-refractivity contribution in [2.45, 2.75) is 11.8 Å². The second kappa shape index (κ2) is 5.64. The smallest absolute Gasteiger partial charge is 0.150 e. The molecule has 0 atom stereocenters. The Hall–Kier alpha value is -1.85. The molecule has 3 nitrogen and oxygen atoms in total. The molecule has 100 valence electrons. The normalized spacial score (nSPS) is 10.7. The fraction of sp³-hybridized carbons (Fsp3) is 0.0667. The van der Waals surface area contributed by atoms with E-state index in [0.29, 0.717) is 5.56 Å². The van der Waals surface area contributed by atoms with E-state index < -0.39 is 0 Å². The molecule has 1 aromatic heterocycles. The summed E-state index contributed by atoms with van der Waals surface area (Å²) in [4.78, 5) is 16.2. The highest BCUT2D eigenvalue weighted by Gasteiger charge is 2.08. The average Bonchev–Trinajstić information content (AvgIpc) is 2.95. The van der Waals surface area contributed by atoms with Crippen LogP contribution in [0.4, 0.5) is 5.69 Å². The molecule has 1 heterocycles. The van der Waals surface area contributed by atoms with Crippen molar-refractivity contribution in [2.24, 2.45) is 0 Å².